The van der Waals surface area contributed by atoms with Crippen molar-refractivity contribution in [2.24, 2.45) is 0 Å². The van der Waals surface area contributed by atoms with E-state index in [1.807, 2.05) is 12.1 Å². The average Bonchev–Trinajstić information content (AvgIpc) is 2.73. The molecule has 0 atom stereocenters. The van der Waals surface area contributed by atoms with Crippen molar-refractivity contribution in [2.75, 3.05) is 13.1 Å². The summed E-state index contributed by atoms with van der Waals surface area (Å²) in [5.74, 6) is 0.0645. The minimum Gasteiger partial charge on any atom is -0.299 e. The topological polar surface area (TPSA) is 20.3 Å². The quantitative estimate of drug-likeness (QED) is 0.753. The minimum absolute atomic E-state index is 0.0645. The van der Waals surface area contributed by atoms with Crippen LogP contribution in [-0.2, 0) is 6.54 Å². The molecule has 0 spiro atoms. The van der Waals surface area contributed by atoms with E-state index in [-0.39, 0.29) is 5.78 Å². The largest absolute Gasteiger partial charge is 0.299 e. The van der Waals surface area contributed by atoms with E-state index >= 15 is 0 Å². The third-order valence-corrected chi connectivity index (χ3v) is 3.40. The Balaban J connectivity index is 2.12. The van der Waals surface area contributed by atoms with Crippen LogP contribution in [0.4, 0.5) is 0 Å². The van der Waals surface area contributed by atoms with E-state index in [9.17, 15) is 4.79 Å². The predicted molar refractivity (Wildman–Crippen MR) is 66.0 cm³/mol. The first-order valence-electron chi connectivity index (χ1n) is 5.68. The van der Waals surface area contributed by atoms with Gasteiger partial charge in [-0.1, -0.05) is 23.7 Å². The molecule has 1 aliphatic heterocycles. The van der Waals surface area contributed by atoms with Crippen LogP contribution in [0.5, 0.6) is 0 Å². The van der Waals surface area contributed by atoms with E-state index in [0.29, 0.717) is 10.6 Å². The molecule has 0 aliphatic carbocycles. The SMILES string of the molecule is CC(=O)c1ccc(CN2CCCC2)c(Cl)c1. The molecule has 86 valence electrons. The van der Waals surface area contributed by atoms with Gasteiger partial charge in [0, 0.05) is 17.1 Å². The van der Waals surface area contributed by atoms with Crippen molar-refractivity contribution in [3.8, 4) is 0 Å². The van der Waals surface area contributed by atoms with Gasteiger partial charge >= 0.3 is 0 Å². The lowest BCUT2D eigenvalue weighted by Crippen LogP contribution is -2.18. The van der Waals surface area contributed by atoms with Gasteiger partial charge in [-0.2, -0.15) is 0 Å². The van der Waals surface area contributed by atoms with E-state index in [1.165, 1.54) is 12.8 Å². The molecule has 0 N–H and O–H groups in total. The highest BCUT2D eigenvalue weighted by atomic mass is 35.5. The van der Waals surface area contributed by atoms with Gasteiger partial charge in [-0.3, -0.25) is 9.69 Å². The van der Waals surface area contributed by atoms with Gasteiger partial charge in [0.15, 0.2) is 5.78 Å². The Kier molecular flexibility index (Phi) is 3.62. The summed E-state index contributed by atoms with van der Waals surface area (Å²) in [6.45, 7) is 4.78. The van der Waals surface area contributed by atoms with Crippen molar-refractivity contribution in [1.82, 2.24) is 4.90 Å². The number of rotatable bonds is 3. The lowest BCUT2D eigenvalue weighted by molar-refractivity contribution is 0.101. The first-order chi connectivity index (χ1) is 7.66. The highest BCUT2D eigenvalue weighted by Gasteiger charge is 2.13. The molecule has 1 saturated heterocycles. The zero-order chi connectivity index (χ0) is 11.5. The molecule has 16 heavy (non-hydrogen) atoms. The van der Waals surface area contributed by atoms with Crippen molar-refractivity contribution < 1.29 is 4.79 Å². The number of hydrogen-bond donors (Lipinski definition) is 0. The zero-order valence-electron chi connectivity index (χ0n) is 9.50. The normalized spacial score (nSPS) is 16.6. The number of hydrogen-bond acceptors (Lipinski definition) is 2. The van der Waals surface area contributed by atoms with Gasteiger partial charge in [0.1, 0.15) is 0 Å². The maximum Gasteiger partial charge on any atom is 0.159 e. The van der Waals surface area contributed by atoms with Crippen molar-refractivity contribution in [3.05, 3.63) is 34.3 Å². The summed E-state index contributed by atoms with van der Waals surface area (Å²) in [5, 5.41) is 0.708. The molecule has 0 amide bonds. The smallest absolute Gasteiger partial charge is 0.159 e. The second-order valence-corrected chi connectivity index (χ2v) is 4.75. The van der Waals surface area contributed by atoms with Gasteiger partial charge < -0.3 is 0 Å². The fourth-order valence-corrected chi connectivity index (χ4v) is 2.32. The van der Waals surface area contributed by atoms with Crippen LogP contribution in [0.2, 0.25) is 5.02 Å². The molecule has 1 aliphatic rings. The lowest BCUT2D eigenvalue weighted by Gasteiger charge is -2.15. The van der Waals surface area contributed by atoms with Crippen LogP contribution in [0.1, 0.15) is 35.7 Å². The second kappa shape index (κ2) is 4.98. The van der Waals surface area contributed by atoms with Gasteiger partial charge in [-0.15, -0.1) is 0 Å². The first-order valence-corrected chi connectivity index (χ1v) is 6.06. The number of benzene rings is 1. The minimum atomic E-state index is 0.0645. The Hall–Kier alpha value is -0.860. The maximum absolute atomic E-state index is 11.2. The van der Waals surface area contributed by atoms with Crippen LogP contribution in [0.15, 0.2) is 18.2 Å². The Morgan fingerprint density at radius 1 is 1.38 bits per heavy atom. The zero-order valence-corrected chi connectivity index (χ0v) is 10.3. The fraction of sp³-hybridized carbons (Fsp3) is 0.462. The molecule has 0 aromatic heterocycles. The van der Waals surface area contributed by atoms with Gasteiger partial charge in [0.2, 0.25) is 0 Å². The third kappa shape index (κ3) is 2.63. The van der Waals surface area contributed by atoms with Gasteiger partial charge in [-0.05, 0) is 44.5 Å². The van der Waals surface area contributed by atoms with Crippen LogP contribution in [0.25, 0.3) is 0 Å². The molecule has 0 saturated carbocycles. The van der Waals surface area contributed by atoms with E-state index in [1.54, 1.807) is 13.0 Å². The number of carbonyl (C=O) groups is 1. The van der Waals surface area contributed by atoms with Crippen LogP contribution in [0.3, 0.4) is 0 Å². The Morgan fingerprint density at radius 2 is 2.06 bits per heavy atom. The van der Waals surface area contributed by atoms with Gasteiger partial charge in [-0.25, -0.2) is 0 Å². The molecule has 0 unspecified atom stereocenters. The summed E-state index contributed by atoms with van der Waals surface area (Å²) in [6, 6.07) is 5.60. The van der Waals surface area contributed by atoms with Gasteiger partial charge in [0.25, 0.3) is 0 Å². The van der Waals surface area contributed by atoms with Crippen LogP contribution < -0.4 is 0 Å². The summed E-state index contributed by atoms with van der Waals surface area (Å²) in [5.41, 5.74) is 1.81. The number of nitrogens with zero attached hydrogens (tertiary/aromatic N) is 1. The molecule has 2 nitrogen and oxygen atoms in total. The summed E-state index contributed by atoms with van der Waals surface area (Å²) in [6.07, 6.45) is 2.56. The molecule has 1 fully saturated rings. The van der Waals surface area contributed by atoms with Crippen LogP contribution >= 0.6 is 11.6 Å². The first kappa shape index (κ1) is 11.6. The van der Waals surface area contributed by atoms with Crippen molar-refractivity contribution in [3.63, 3.8) is 0 Å². The Morgan fingerprint density at radius 3 is 2.62 bits per heavy atom. The number of carbonyl (C=O) groups excluding carboxylic acids is 1. The molecular weight excluding hydrogens is 222 g/mol. The predicted octanol–water partition coefficient (Wildman–Crippen LogP) is 3.14. The molecule has 3 heteroatoms. The molecule has 1 heterocycles. The van der Waals surface area contributed by atoms with Crippen LogP contribution in [0, 0.1) is 0 Å². The Labute approximate surface area is 101 Å². The van der Waals surface area contributed by atoms with Crippen molar-refractivity contribution >= 4 is 17.4 Å². The van der Waals surface area contributed by atoms with Crippen LogP contribution in [-0.4, -0.2) is 23.8 Å². The lowest BCUT2D eigenvalue weighted by atomic mass is 10.1. The summed E-state index contributed by atoms with van der Waals surface area (Å²) in [7, 11) is 0. The summed E-state index contributed by atoms with van der Waals surface area (Å²) in [4.78, 5) is 13.6. The maximum atomic E-state index is 11.2. The molecule has 0 bridgehead atoms. The highest BCUT2D eigenvalue weighted by molar-refractivity contribution is 6.31. The standard InChI is InChI=1S/C13H16ClNO/c1-10(16)11-4-5-12(13(14)8-11)9-15-6-2-3-7-15/h4-5,8H,2-3,6-7,9H2,1H3. The second-order valence-electron chi connectivity index (χ2n) is 4.35. The molecule has 1 aromatic rings. The van der Waals surface area contributed by atoms with Crippen molar-refractivity contribution in [1.29, 1.82) is 0 Å². The molecule has 1 aromatic carbocycles. The van der Waals surface area contributed by atoms with E-state index in [4.69, 9.17) is 11.6 Å². The van der Waals surface area contributed by atoms with E-state index in [0.717, 1.165) is 25.2 Å². The Bertz CT molecular complexity index is 397. The van der Waals surface area contributed by atoms with E-state index < -0.39 is 0 Å². The molecular formula is C13H16ClNO. The number of ketones is 1. The third-order valence-electron chi connectivity index (χ3n) is 3.05. The number of Topliss-reactive ketones (excluding diaryl/α,β-unsaturated/α-hetero) is 1. The number of likely N-dealkylation sites (tertiary alicyclic amines) is 1. The number of halogens is 1. The average molecular weight is 238 g/mol. The van der Waals surface area contributed by atoms with E-state index in [2.05, 4.69) is 4.90 Å². The summed E-state index contributed by atoms with van der Waals surface area (Å²) >= 11 is 6.17. The highest BCUT2D eigenvalue weighted by Crippen LogP contribution is 2.21. The fourth-order valence-electron chi connectivity index (χ4n) is 2.08. The van der Waals surface area contributed by atoms with Crippen molar-refractivity contribution in [2.45, 2.75) is 26.3 Å². The molecule has 0 radical (unpaired) electrons. The monoisotopic (exact) mass is 237 g/mol. The summed E-state index contributed by atoms with van der Waals surface area (Å²) < 4.78 is 0. The molecule has 2 rings (SSSR count). The van der Waals surface area contributed by atoms with Gasteiger partial charge in [0.05, 0.1) is 0 Å².